The molecule has 1 heterocycles. The number of nitrogens with one attached hydrogen (secondary N) is 1. The van der Waals surface area contributed by atoms with Crippen LogP contribution in [-0.4, -0.2) is 17.7 Å². The van der Waals surface area contributed by atoms with Gasteiger partial charge in [0, 0.05) is 11.3 Å². The van der Waals surface area contributed by atoms with Crippen LogP contribution in [0.5, 0.6) is 11.5 Å². The molecule has 6 nitrogen and oxygen atoms in total. The van der Waals surface area contributed by atoms with Crippen molar-refractivity contribution in [3.8, 4) is 11.5 Å². The van der Waals surface area contributed by atoms with E-state index >= 15 is 0 Å². The van der Waals surface area contributed by atoms with Crippen molar-refractivity contribution < 1.29 is 19.1 Å². The SMILES string of the molecule is Cc1ccc(Oc2ccc(NC(=O)c3cccc(N4C(=O)[C@H]5[C@@H]6C=C[C@@H]([C@H]7C[C@H]67)[C@@H]5C4=O)c3)cc2)cc1. The van der Waals surface area contributed by atoms with Gasteiger partial charge in [0.05, 0.1) is 17.5 Å². The predicted octanol–water partition coefficient (Wildman–Crippen LogP) is 5.60. The molecule has 37 heavy (non-hydrogen) atoms. The summed E-state index contributed by atoms with van der Waals surface area (Å²) in [5, 5.41) is 2.89. The molecule has 5 aliphatic rings. The van der Waals surface area contributed by atoms with Crippen LogP contribution in [-0.2, 0) is 9.59 Å². The van der Waals surface area contributed by atoms with Crippen molar-refractivity contribution in [3.05, 3.63) is 96.1 Å². The van der Waals surface area contributed by atoms with E-state index in [-0.39, 0.29) is 41.4 Å². The van der Waals surface area contributed by atoms with Gasteiger partial charge in [-0.1, -0.05) is 35.9 Å². The minimum Gasteiger partial charge on any atom is -0.457 e. The Balaban J connectivity index is 1.06. The van der Waals surface area contributed by atoms with Gasteiger partial charge in [-0.05, 0) is 91.6 Å². The number of carbonyl (C=O) groups excluding carboxylic acids is 3. The maximum atomic E-state index is 13.4. The molecule has 3 aromatic rings. The van der Waals surface area contributed by atoms with Gasteiger partial charge < -0.3 is 10.1 Å². The molecule has 2 saturated carbocycles. The summed E-state index contributed by atoms with van der Waals surface area (Å²) in [4.78, 5) is 41.2. The highest BCUT2D eigenvalue weighted by Crippen LogP contribution is 2.65. The molecule has 1 saturated heterocycles. The second-order valence-electron chi connectivity index (χ2n) is 10.6. The molecule has 4 aliphatic carbocycles. The molecule has 3 amide bonds. The average Bonchev–Trinajstić information content (AvgIpc) is 3.69. The molecule has 0 spiro atoms. The van der Waals surface area contributed by atoms with Crippen LogP contribution in [0.15, 0.2) is 84.9 Å². The van der Waals surface area contributed by atoms with E-state index in [2.05, 4.69) is 17.5 Å². The van der Waals surface area contributed by atoms with Crippen LogP contribution >= 0.6 is 0 Å². The molecule has 0 radical (unpaired) electrons. The van der Waals surface area contributed by atoms with E-state index in [1.165, 1.54) is 4.90 Å². The second-order valence-corrected chi connectivity index (χ2v) is 10.6. The first-order valence-corrected chi connectivity index (χ1v) is 12.8. The van der Waals surface area contributed by atoms with Crippen LogP contribution in [0.4, 0.5) is 11.4 Å². The van der Waals surface area contributed by atoms with Gasteiger partial charge >= 0.3 is 0 Å². The normalized spacial score (nSPS) is 28.6. The monoisotopic (exact) mass is 490 g/mol. The van der Waals surface area contributed by atoms with E-state index in [1.807, 2.05) is 31.2 Å². The fourth-order valence-corrected chi connectivity index (χ4v) is 6.55. The number of hydrogen-bond donors (Lipinski definition) is 1. The summed E-state index contributed by atoms with van der Waals surface area (Å²) in [7, 11) is 0. The highest BCUT2D eigenvalue weighted by molar-refractivity contribution is 6.23. The van der Waals surface area contributed by atoms with E-state index in [4.69, 9.17) is 4.74 Å². The van der Waals surface area contributed by atoms with Crippen molar-refractivity contribution in [2.75, 3.05) is 10.2 Å². The molecule has 3 fully saturated rings. The number of allylic oxidation sites excluding steroid dienone is 2. The molecule has 8 rings (SSSR count). The van der Waals surface area contributed by atoms with Crippen molar-refractivity contribution in [2.24, 2.45) is 35.5 Å². The van der Waals surface area contributed by atoms with Gasteiger partial charge in [0.2, 0.25) is 11.8 Å². The number of nitrogens with zero attached hydrogens (tertiary/aromatic N) is 1. The van der Waals surface area contributed by atoms with Crippen molar-refractivity contribution in [2.45, 2.75) is 13.3 Å². The molecular weight excluding hydrogens is 464 g/mol. The summed E-state index contributed by atoms with van der Waals surface area (Å²) in [6.45, 7) is 2.02. The molecule has 3 aromatic carbocycles. The third-order valence-electron chi connectivity index (χ3n) is 8.40. The van der Waals surface area contributed by atoms with Gasteiger partial charge in [-0.2, -0.15) is 0 Å². The van der Waals surface area contributed by atoms with Gasteiger partial charge in [0.25, 0.3) is 5.91 Å². The lowest BCUT2D eigenvalue weighted by molar-refractivity contribution is -0.124. The third-order valence-corrected chi connectivity index (χ3v) is 8.40. The quantitative estimate of drug-likeness (QED) is 0.373. The van der Waals surface area contributed by atoms with E-state index in [9.17, 15) is 14.4 Å². The van der Waals surface area contributed by atoms with E-state index < -0.39 is 0 Å². The Bertz CT molecular complexity index is 1420. The summed E-state index contributed by atoms with van der Waals surface area (Å²) >= 11 is 0. The number of ether oxygens (including phenoxy) is 1. The number of rotatable bonds is 5. The lowest BCUT2D eigenvalue weighted by atomic mass is 9.63. The molecule has 2 bridgehead atoms. The number of imide groups is 1. The van der Waals surface area contributed by atoms with Crippen LogP contribution in [0.2, 0.25) is 0 Å². The molecule has 1 aliphatic heterocycles. The largest absolute Gasteiger partial charge is 0.457 e. The van der Waals surface area contributed by atoms with Crippen LogP contribution in [0.3, 0.4) is 0 Å². The summed E-state index contributed by atoms with van der Waals surface area (Å²) in [5.41, 5.74) is 2.63. The number of anilines is 2. The fourth-order valence-electron chi connectivity index (χ4n) is 6.55. The van der Waals surface area contributed by atoms with Crippen molar-refractivity contribution in [1.29, 1.82) is 0 Å². The second kappa shape index (κ2) is 8.17. The maximum absolute atomic E-state index is 13.4. The first-order valence-electron chi connectivity index (χ1n) is 12.8. The highest BCUT2D eigenvalue weighted by atomic mass is 16.5. The number of benzene rings is 3. The molecule has 0 aromatic heterocycles. The summed E-state index contributed by atoms with van der Waals surface area (Å²) in [6, 6.07) is 21.7. The summed E-state index contributed by atoms with van der Waals surface area (Å²) in [6.07, 6.45) is 5.45. The van der Waals surface area contributed by atoms with Gasteiger partial charge in [-0.15, -0.1) is 0 Å². The van der Waals surface area contributed by atoms with E-state index in [1.54, 1.807) is 48.5 Å². The van der Waals surface area contributed by atoms with Gasteiger partial charge in [-0.3, -0.25) is 14.4 Å². The van der Waals surface area contributed by atoms with Gasteiger partial charge in [0.1, 0.15) is 11.5 Å². The topological polar surface area (TPSA) is 75.7 Å². The Morgan fingerprint density at radius 3 is 2.05 bits per heavy atom. The Morgan fingerprint density at radius 1 is 0.838 bits per heavy atom. The van der Waals surface area contributed by atoms with Gasteiger partial charge in [-0.25, -0.2) is 4.90 Å². The Labute approximate surface area is 214 Å². The highest BCUT2D eigenvalue weighted by Gasteiger charge is 2.67. The molecule has 6 heteroatoms. The zero-order chi connectivity index (χ0) is 25.3. The number of amides is 3. The average molecular weight is 491 g/mol. The standard InChI is InChI=1S/C31H26N2O4/c1-17-5-9-21(10-6-17)37-22-11-7-19(8-12-22)32-29(34)18-3-2-4-20(15-18)33-30(35)27-23-13-14-24(26-16-25(23)26)28(27)31(33)36/h2-15,23-28H,16H2,1H3,(H,32,34)/t23-,24+,25-,26-,27+,28+/m1/s1. The van der Waals surface area contributed by atoms with E-state index in [0.717, 1.165) is 17.7 Å². The first kappa shape index (κ1) is 22.0. The fraction of sp³-hybridized carbons (Fsp3) is 0.258. The zero-order valence-electron chi connectivity index (χ0n) is 20.3. The summed E-state index contributed by atoms with van der Waals surface area (Å²) in [5.74, 6) is 1.78. The molecule has 6 atom stereocenters. The molecule has 1 N–H and O–H groups in total. The summed E-state index contributed by atoms with van der Waals surface area (Å²) < 4.78 is 5.85. The zero-order valence-corrected chi connectivity index (χ0v) is 20.3. The molecular formula is C31H26N2O4. The number of hydrogen-bond acceptors (Lipinski definition) is 4. The lowest BCUT2D eigenvalue weighted by Crippen LogP contribution is -2.40. The van der Waals surface area contributed by atoms with E-state index in [0.29, 0.717) is 34.5 Å². The van der Waals surface area contributed by atoms with Gasteiger partial charge in [0.15, 0.2) is 0 Å². The molecule has 0 unspecified atom stereocenters. The Hall–Kier alpha value is -4.19. The van der Waals surface area contributed by atoms with Crippen molar-refractivity contribution in [1.82, 2.24) is 0 Å². The van der Waals surface area contributed by atoms with Crippen molar-refractivity contribution >= 4 is 29.1 Å². The van der Waals surface area contributed by atoms with Crippen LogP contribution in [0.25, 0.3) is 0 Å². The third kappa shape index (κ3) is 3.58. The minimum atomic E-state index is -0.312. The number of carbonyl (C=O) groups is 3. The Kier molecular flexibility index (Phi) is 4.86. The van der Waals surface area contributed by atoms with Crippen LogP contribution in [0.1, 0.15) is 22.3 Å². The minimum absolute atomic E-state index is 0.124. The maximum Gasteiger partial charge on any atom is 0.255 e. The van der Waals surface area contributed by atoms with Crippen LogP contribution in [0, 0.1) is 42.4 Å². The number of aryl methyl sites for hydroxylation is 1. The van der Waals surface area contributed by atoms with Crippen LogP contribution < -0.4 is 15.0 Å². The first-order chi connectivity index (χ1) is 18.0. The lowest BCUT2D eigenvalue weighted by Gasteiger charge is -2.37. The Morgan fingerprint density at radius 2 is 1.43 bits per heavy atom. The predicted molar refractivity (Wildman–Crippen MR) is 139 cm³/mol. The molecule has 184 valence electrons. The smallest absolute Gasteiger partial charge is 0.255 e. The van der Waals surface area contributed by atoms with Crippen molar-refractivity contribution in [3.63, 3.8) is 0 Å².